The summed E-state index contributed by atoms with van der Waals surface area (Å²) in [6.07, 6.45) is 0.599. The highest BCUT2D eigenvalue weighted by molar-refractivity contribution is 5.62. The van der Waals surface area contributed by atoms with Gasteiger partial charge in [-0.2, -0.15) is 0 Å². The van der Waals surface area contributed by atoms with Gasteiger partial charge in [0.05, 0.1) is 12.0 Å². The third-order valence-electron chi connectivity index (χ3n) is 2.68. The molecule has 1 aromatic carbocycles. The van der Waals surface area contributed by atoms with Gasteiger partial charge in [0.2, 0.25) is 11.8 Å². The van der Waals surface area contributed by atoms with Crippen LogP contribution in [0, 0.1) is 10.1 Å². The summed E-state index contributed by atoms with van der Waals surface area (Å²) >= 11 is 0. The number of benzene rings is 1. The molecule has 0 aliphatic rings. The summed E-state index contributed by atoms with van der Waals surface area (Å²) in [5.41, 5.74) is 0.348. The zero-order chi connectivity index (χ0) is 14.5. The fraction of sp³-hybridized carbons (Fsp3) is 0.333. The van der Waals surface area contributed by atoms with Gasteiger partial charge in [0.25, 0.3) is 0 Å². The van der Waals surface area contributed by atoms with E-state index in [-0.39, 0.29) is 17.3 Å². The quantitative estimate of drug-likeness (QED) is 0.629. The average molecular weight is 278 g/mol. The first-order valence-corrected chi connectivity index (χ1v) is 5.95. The zero-order valence-electron chi connectivity index (χ0n) is 11.1. The largest absolute Gasteiger partial charge is 0.490 e. The predicted octanol–water partition coefficient (Wildman–Crippen LogP) is 1.42. The van der Waals surface area contributed by atoms with Crippen molar-refractivity contribution < 1.29 is 14.1 Å². The minimum absolute atomic E-state index is 0.139. The van der Waals surface area contributed by atoms with E-state index in [1.807, 2.05) is 7.05 Å². The Bertz CT molecular complexity index is 611. The van der Waals surface area contributed by atoms with Gasteiger partial charge in [0.15, 0.2) is 5.75 Å². The molecule has 0 radical (unpaired) electrons. The van der Waals surface area contributed by atoms with Crippen molar-refractivity contribution >= 4 is 5.69 Å². The van der Waals surface area contributed by atoms with Crippen LogP contribution in [-0.2, 0) is 6.42 Å². The molecular weight excluding hydrogens is 264 g/mol. The van der Waals surface area contributed by atoms with E-state index in [9.17, 15) is 10.1 Å². The highest BCUT2D eigenvalue weighted by Crippen LogP contribution is 2.31. The van der Waals surface area contributed by atoms with Crippen LogP contribution in [0.4, 0.5) is 5.69 Å². The van der Waals surface area contributed by atoms with Gasteiger partial charge in [-0.25, -0.2) is 0 Å². The number of hydrogen-bond donors (Lipinski definition) is 1. The first-order valence-electron chi connectivity index (χ1n) is 5.95. The maximum absolute atomic E-state index is 11.0. The van der Waals surface area contributed by atoms with Gasteiger partial charge >= 0.3 is 5.69 Å². The molecule has 0 bridgehead atoms. The SMILES string of the molecule is CNCCc1nnc(-c2ccc(OC)c([N+](=O)[O-])c2)o1. The van der Waals surface area contributed by atoms with Crippen LogP contribution in [0.5, 0.6) is 5.75 Å². The third-order valence-corrected chi connectivity index (χ3v) is 2.68. The summed E-state index contributed by atoms with van der Waals surface area (Å²) < 4.78 is 10.4. The smallest absolute Gasteiger partial charge is 0.311 e. The summed E-state index contributed by atoms with van der Waals surface area (Å²) in [4.78, 5) is 10.4. The van der Waals surface area contributed by atoms with Crippen LogP contribution in [0.1, 0.15) is 5.89 Å². The average Bonchev–Trinajstić information content (AvgIpc) is 2.93. The number of nitrogens with zero attached hydrogens (tertiary/aromatic N) is 3. The number of methoxy groups -OCH3 is 1. The molecule has 0 amide bonds. The first-order chi connectivity index (χ1) is 9.65. The number of hydrogen-bond acceptors (Lipinski definition) is 7. The number of likely N-dealkylation sites (N-methyl/N-ethyl adjacent to an activating group) is 1. The molecule has 0 saturated heterocycles. The Kier molecular flexibility index (Phi) is 4.26. The Morgan fingerprint density at radius 3 is 2.90 bits per heavy atom. The van der Waals surface area contributed by atoms with Gasteiger partial charge in [-0.1, -0.05) is 0 Å². The molecule has 0 atom stereocenters. The van der Waals surface area contributed by atoms with Crippen molar-refractivity contribution in [1.29, 1.82) is 0 Å². The maximum atomic E-state index is 11.0. The van der Waals surface area contributed by atoms with Crippen LogP contribution in [0.15, 0.2) is 22.6 Å². The summed E-state index contributed by atoms with van der Waals surface area (Å²) in [7, 11) is 3.20. The number of nitrogens with one attached hydrogen (secondary N) is 1. The number of ether oxygens (including phenoxy) is 1. The van der Waals surface area contributed by atoms with E-state index in [2.05, 4.69) is 15.5 Å². The van der Waals surface area contributed by atoms with E-state index in [1.54, 1.807) is 6.07 Å². The lowest BCUT2D eigenvalue weighted by molar-refractivity contribution is -0.385. The molecule has 106 valence electrons. The van der Waals surface area contributed by atoms with Crippen LogP contribution < -0.4 is 10.1 Å². The summed E-state index contributed by atoms with van der Waals surface area (Å²) in [6.45, 7) is 0.713. The summed E-state index contributed by atoms with van der Waals surface area (Å²) in [5.74, 6) is 0.920. The second kappa shape index (κ2) is 6.11. The Morgan fingerprint density at radius 2 is 2.25 bits per heavy atom. The van der Waals surface area contributed by atoms with Crippen molar-refractivity contribution in [3.63, 3.8) is 0 Å². The minimum Gasteiger partial charge on any atom is -0.490 e. The molecule has 20 heavy (non-hydrogen) atoms. The fourth-order valence-corrected chi connectivity index (χ4v) is 1.67. The van der Waals surface area contributed by atoms with E-state index in [1.165, 1.54) is 19.2 Å². The highest BCUT2D eigenvalue weighted by atomic mass is 16.6. The van der Waals surface area contributed by atoms with E-state index in [0.717, 1.165) is 0 Å². The number of nitro groups is 1. The molecule has 0 unspecified atom stereocenters. The minimum atomic E-state index is -0.513. The normalized spacial score (nSPS) is 10.5. The van der Waals surface area contributed by atoms with Crippen LogP contribution in [0.3, 0.4) is 0 Å². The van der Waals surface area contributed by atoms with E-state index in [0.29, 0.717) is 24.4 Å². The Morgan fingerprint density at radius 1 is 1.45 bits per heavy atom. The van der Waals surface area contributed by atoms with E-state index in [4.69, 9.17) is 9.15 Å². The molecule has 1 heterocycles. The molecule has 1 aromatic heterocycles. The highest BCUT2D eigenvalue weighted by Gasteiger charge is 2.18. The molecule has 0 aliphatic carbocycles. The first kappa shape index (κ1) is 13.9. The maximum Gasteiger partial charge on any atom is 0.311 e. The van der Waals surface area contributed by atoms with Crippen molar-refractivity contribution in [1.82, 2.24) is 15.5 Å². The Balaban J connectivity index is 2.30. The second-order valence-corrected chi connectivity index (χ2v) is 4.00. The molecule has 0 fully saturated rings. The molecule has 2 rings (SSSR count). The second-order valence-electron chi connectivity index (χ2n) is 4.00. The van der Waals surface area contributed by atoms with Crippen molar-refractivity contribution in [2.45, 2.75) is 6.42 Å². The van der Waals surface area contributed by atoms with Gasteiger partial charge in [-0.05, 0) is 19.2 Å². The Hall–Kier alpha value is -2.48. The lowest BCUT2D eigenvalue weighted by Crippen LogP contribution is -2.10. The van der Waals surface area contributed by atoms with Gasteiger partial charge in [0.1, 0.15) is 0 Å². The van der Waals surface area contributed by atoms with Crippen LogP contribution in [0.25, 0.3) is 11.5 Å². The third kappa shape index (κ3) is 2.91. The lowest BCUT2D eigenvalue weighted by atomic mass is 10.2. The van der Waals surface area contributed by atoms with Crippen molar-refractivity contribution in [3.8, 4) is 17.2 Å². The van der Waals surface area contributed by atoms with Crippen molar-refractivity contribution in [3.05, 3.63) is 34.2 Å². The molecule has 0 aliphatic heterocycles. The fourth-order valence-electron chi connectivity index (χ4n) is 1.67. The number of rotatable bonds is 6. The molecule has 0 saturated carbocycles. The predicted molar refractivity (Wildman–Crippen MR) is 70.6 cm³/mol. The lowest BCUT2D eigenvalue weighted by Gasteiger charge is -2.02. The standard InChI is InChI=1S/C12H14N4O4/c1-13-6-5-11-14-15-12(20-11)8-3-4-10(19-2)9(7-8)16(17)18/h3-4,7,13H,5-6H2,1-2H3. The summed E-state index contributed by atoms with van der Waals surface area (Å²) in [6, 6.07) is 4.50. The molecule has 8 nitrogen and oxygen atoms in total. The van der Waals surface area contributed by atoms with Crippen molar-refractivity contribution in [2.75, 3.05) is 20.7 Å². The van der Waals surface area contributed by atoms with Crippen LogP contribution in [-0.4, -0.2) is 35.8 Å². The molecule has 8 heteroatoms. The van der Waals surface area contributed by atoms with Crippen LogP contribution >= 0.6 is 0 Å². The van der Waals surface area contributed by atoms with Gasteiger partial charge in [-0.15, -0.1) is 10.2 Å². The van der Waals surface area contributed by atoms with Crippen LogP contribution in [0.2, 0.25) is 0 Å². The van der Waals surface area contributed by atoms with Gasteiger partial charge in [-0.3, -0.25) is 10.1 Å². The monoisotopic (exact) mass is 278 g/mol. The zero-order valence-corrected chi connectivity index (χ0v) is 11.1. The van der Waals surface area contributed by atoms with Gasteiger partial charge < -0.3 is 14.5 Å². The Labute approximate surface area is 114 Å². The summed E-state index contributed by atoms with van der Waals surface area (Å²) in [5, 5.41) is 21.7. The number of nitro benzene ring substituents is 1. The molecule has 1 N–H and O–H groups in total. The topological polar surface area (TPSA) is 103 Å². The van der Waals surface area contributed by atoms with Gasteiger partial charge in [0, 0.05) is 24.6 Å². The van der Waals surface area contributed by atoms with E-state index >= 15 is 0 Å². The molecule has 2 aromatic rings. The molecule has 0 spiro atoms. The molecular formula is C12H14N4O4. The number of aromatic nitrogens is 2. The van der Waals surface area contributed by atoms with E-state index < -0.39 is 4.92 Å². The van der Waals surface area contributed by atoms with Crippen molar-refractivity contribution in [2.24, 2.45) is 0 Å².